The van der Waals surface area contributed by atoms with Crippen molar-refractivity contribution in [3.05, 3.63) is 63.3 Å². The maximum absolute atomic E-state index is 12.4. The lowest BCUT2D eigenvalue weighted by atomic mass is 10.0. The molecule has 0 aliphatic heterocycles. The summed E-state index contributed by atoms with van der Waals surface area (Å²) in [6.07, 6.45) is 0.333. The molecule has 0 saturated heterocycles. The molecular formula is C16H12ClNOS. The highest BCUT2D eigenvalue weighted by Crippen LogP contribution is 2.26. The summed E-state index contributed by atoms with van der Waals surface area (Å²) in [6.45, 7) is 0. The van der Waals surface area contributed by atoms with E-state index < -0.39 is 0 Å². The molecular weight excluding hydrogens is 290 g/mol. The molecule has 0 atom stereocenters. The highest BCUT2D eigenvalue weighted by atomic mass is 35.5. The van der Waals surface area contributed by atoms with Crippen LogP contribution in [0.5, 0.6) is 0 Å². The summed E-state index contributed by atoms with van der Waals surface area (Å²) in [7, 11) is 0. The molecule has 0 aliphatic carbocycles. The normalized spacial score (nSPS) is 10.8. The average Bonchev–Trinajstić information content (AvgIpc) is 2.83. The van der Waals surface area contributed by atoms with Crippen molar-refractivity contribution in [2.75, 3.05) is 5.73 Å². The summed E-state index contributed by atoms with van der Waals surface area (Å²) in [5.41, 5.74) is 7.10. The van der Waals surface area contributed by atoms with E-state index in [1.807, 2.05) is 42.5 Å². The highest BCUT2D eigenvalue weighted by Gasteiger charge is 2.13. The second-order valence-electron chi connectivity index (χ2n) is 4.59. The first-order chi connectivity index (χ1) is 9.63. The Morgan fingerprint density at radius 2 is 1.80 bits per heavy atom. The molecule has 2 aromatic carbocycles. The predicted octanol–water partition coefficient (Wildman–Crippen LogP) is 4.56. The summed E-state index contributed by atoms with van der Waals surface area (Å²) >= 11 is 7.31. The lowest BCUT2D eigenvalue weighted by Crippen LogP contribution is -2.06. The average molecular weight is 302 g/mol. The third-order valence-corrected chi connectivity index (χ3v) is 4.41. The number of nitrogens with two attached hydrogens (primary N) is 1. The fraction of sp³-hybridized carbons (Fsp3) is 0.0625. The van der Waals surface area contributed by atoms with Crippen molar-refractivity contribution in [2.24, 2.45) is 0 Å². The van der Waals surface area contributed by atoms with Gasteiger partial charge in [0.1, 0.15) is 0 Å². The Balaban J connectivity index is 1.96. The van der Waals surface area contributed by atoms with Gasteiger partial charge in [0.2, 0.25) is 0 Å². The van der Waals surface area contributed by atoms with E-state index in [0.717, 1.165) is 15.6 Å². The van der Waals surface area contributed by atoms with Gasteiger partial charge in [0.05, 0.1) is 4.34 Å². The third kappa shape index (κ3) is 2.55. The standard InChI is InChI=1S/C16H12ClNOS/c17-16-6-5-12(20-16)9-15(19)13-7-10-3-1-2-4-11(10)8-14(13)18/h1-8H,9,18H2. The SMILES string of the molecule is Nc1cc2ccccc2cc1C(=O)Cc1ccc(Cl)s1. The van der Waals surface area contributed by atoms with Gasteiger partial charge >= 0.3 is 0 Å². The van der Waals surface area contributed by atoms with Crippen molar-refractivity contribution >= 4 is 45.2 Å². The van der Waals surface area contributed by atoms with Gasteiger partial charge in [-0.1, -0.05) is 35.9 Å². The summed E-state index contributed by atoms with van der Waals surface area (Å²) in [4.78, 5) is 13.3. The minimum atomic E-state index is 0.0202. The van der Waals surface area contributed by atoms with E-state index in [4.69, 9.17) is 17.3 Å². The van der Waals surface area contributed by atoms with Crippen molar-refractivity contribution in [3.63, 3.8) is 0 Å². The van der Waals surface area contributed by atoms with E-state index in [0.29, 0.717) is 22.0 Å². The predicted molar refractivity (Wildman–Crippen MR) is 85.7 cm³/mol. The Kier molecular flexibility index (Phi) is 3.47. The van der Waals surface area contributed by atoms with E-state index in [2.05, 4.69) is 0 Å². The van der Waals surface area contributed by atoms with E-state index in [1.54, 1.807) is 6.07 Å². The maximum Gasteiger partial charge on any atom is 0.170 e. The molecule has 0 saturated carbocycles. The number of benzene rings is 2. The molecule has 2 nitrogen and oxygen atoms in total. The zero-order chi connectivity index (χ0) is 14.1. The molecule has 0 aliphatic rings. The number of hydrogen-bond donors (Lipinski definition) is 1. The Morgan fingerprint density at radius 3 is 2.45 bits per heavy atom. The van der Waals surface area contributed by atoms with Crippen LogP contribution >= 0.6 is 22.9 Å². The van der Waals surface area contributed by atoms with Gasteiger partial charge < -0.3 is 5.73 Å². The van der Waals surface area contributed by atoms with Crippen LogP contribution in [0.2, 0.25) is 4.34 Å². The minimum Gasteiger partial charge on any atom is -0.398 e. The van der Waals surface area contributed by atoms with Gasteiger partial charge in [-0.3, -0.25) is 4.79 Å². The van der Waals surface area contributed by atoms with Crippen LogP contribution in [-0.4, -0.2) is 5.78 Å². The summed E-state index contributed by atoms with van der Waals surface area (Å²) in [5.74, 6) is 0.0202. The van der Waals surface area contributed by atoms with Gasteiger partial charge in [0.25, 0.3) is 0 Å². The number of rotatable bonds is 3. The van der Waals surface area contributed by atoms with E-state index in [9.17, 15) is 4.79 Å². The van der Waals surface area contributed by atoms with Gasteiger partial charge in [0.15, 0.2) is 5.78 Å². The number of carbonyl (C=O) groups is 1. The number of carbonyl (C=O) groups excluding carboxylic acids is 1. The highest BCUT2D eigenvalue weighted by molar-refractivity contribution is 7.16. The Labute approximate surface area is 125 Å². The molecule has 0 fully saturated rings. The Bertz CT molecular complexity index is 794. The second kappa shape index (κ2) is 5.27. The number of thiophene rings is 1. The van der Waals surface area contributed by atoms with Crippen molar-refractivity contribution < 1.29 is 4.79 Å². The zero-order valence-corrected chi connectivity index (χ0v) is 12.2. The van der Waals surface area contributed by atoms with Crippen LogP contribution in [0.1, 0.15) is 15.2 Å². The number of anilines is 1. The van der Waals surface area contributed by atoms with E-state index in [1.165, 1.54) is 11.3 Å². The van der Waals surface area contributed by atoms with Crippen LogP contribution in [0.3, 0.4) is 0 Å². The molecule has 0 bridgehead atoms. The topological polar surface area (TPSA) is 43.1 Å². The number of halogens is 1. The van der Waals surface area contributed by atoms with Crippen LogP contribution in [0, 0.1) is 0 Å². The molecule has 2 N–H and O–H groups in total. The minimum absolute atomic E-state index is 0.0202. The molecule has 3 aromatic rings. The maximum atomic E-state index is 12.4. The third-order valence-electron chi connectivity index (χ3n) is 3.18. The molecule has 4 heteroatoms. The lowest BCUT2D eigenvalue weighted by molar-refractivity contribution is 0.0995. The smallest absolute Gasteiger partial charge is 0.170 e. The van der Waals surface area contributed by atoms with E-state index in [-0.39, 0.29) is 5.78 Å². The molecule has 3 rings (SSSR count). The molecule has 0 unspecified atom stereocenters. The van der Waals surface area contributed by atoms with Gasteiger partial charge in [-0.25, -0.2) is 0 Å². The van der Waals surface area contributed by atoms with Gasteiger partial charge in [-0.15, -0.1) is 11.3 Å². The zero-order valence-electron chi connectivity index (χ0n) is 10.6. The summed E-state index contributed by atoms with van der Waals surface area (Å²) < 4.78 is 0.694. The van der Waals surface area contributed by atoms with Crippen molar-refractivity contribution in [2.45, 2.75) is 6.42 Å². The fourth-order valence-corrected chi connectivity index (χ4v) is 3.29. The first-order valence-corrected chi connectivity index (χ1v) is 7.38. The number of nitrogen functional groups attached to an aromatic ring is 1. The monoisotopic (exact) mass is 301 g/mol. The first kappa shape index (κ1) is 13.2. The number of hydrogen-bond acceptors (Lipinski definition) is 3. The van der Waals surface area contributed by atoms with Crippen molar-refractivity contribution in [1.82, 2.24) is 0 Å². The molecule has 1 heterocycles. The summed E-state index contributed by atoms with van der Waals surface area (Å²) in [5, 5.41) is 2.06. The number of fused-ring (bicyclic) bond motifs is 1. The van der Waals surface area contributed by atoms with Crippen LogP contribution in [0.25, 0.3) is 10.8 Å². The first-order valence-electron chi connectivity index (χ1n) is 6.19. The molecule has 0 spiro atoms. The van der Waals surface area contributed by atoms with Gasteiger partial charge in [-0.05, 0) is 35.0 Å². The molecule has 0 amide bonds. The Morgan fingerprint density at radius 1 is 1.10 bits per heavy atom. The van der Waals surface area contributed by atoms with Crippen LogP contribution < -0.4 is 5.73 Å². The molecule has 20 heavy (non-hydrogen) atoms. The van der Waals surface area contributed by atoms with Crippen LogP contribution in [-0.2, 0) is 6.42 Å². The summed E-state index contributed by atoms with van der Waals surface area (Å²) in [6, 6.07) is 15.3. The molecule has 0 radical (unpaired) electrons. The lowest BCUT2D eigenvalue weighted by Gasteiger charge is -2.06. The van der Waals surface area contributed by atoms with Crippen molar-refractivity contribution in [3.8, 4) is 0 Å². The molecule has 100 valence electrons. The van der Waals surface area contributed by atoms with Crippen LogP contribution in [0.15, 0.2) is 48.5 Å². The number of Topliss-reactive ketones (excluding diaryl/α,β-unsaturated/α-hetero) is 1. The second-order valence-corrected chi connectivity index (χ2v) is 6.39. The van der Waals surface area contributed by atoms with Gasteiger partial charge in [-0.2, -0.15) is 0 Å². The number of ketones is 1. The fourth-order valence-electron chi connectivity index (χ4n) is 2.20. The molecule has 1 aromatic heterocycles. The quantitative estimate of drug-likeness (QED) is 0.569. The largest absolute Gasteiger partial charge is 0.398 e. The van der Waals surface area contributed by atoms with E-state index >= 15 is 0 Å². The van der Waals surface area contributed by atoms with Crippen LogP contribution in [0.4, 0.5) is 5.69 Å². The van der Waals surface area contributed by atoms with Gasteiger partial charge in [0, 0.05) is 22.5 Å². The Hall–Kier alpha value is -1.84. The van der Waals surface area contributed by atoms with Crippen molar-refractivity contribution in [1.29, 1.82) is 0 Å².